The first-order valence-corrected chi connectivity index (χ1v) is 10.7. The summed E-state index contributed by atoms with van der Waals surface area (Å²) in [7, 11) is 5.95. The minimum absolute atomic E-state index is 0. The lowest BCUT2D eigenvalue weighted by molar-refractivity contribution is 0.146. The summed E-state index contributed by atoms with van der Waals surface area (Å²) in [6, 6.07) is 13.0. The molecule has 1 unspecified atom stereocenters. The van der Waals surface area contributed by atoms with Crippen molar-refractivity contribution >= 4 is 35.6 Å². The van der Waals surface area contributed by atoms with Crippen molar-refractivity contribution in [2.45, 2.75) is 31.7 Å². The molecule has 1 aromatic carbocycles. The summed E-state index contributed by atoms with van der Waals surface area (Å²) >= 11 is 0. The molecule has 0 saturated carbocycles. The Labute approximate surface area is 198 Å². The van der Waals surface area contributed by atoms with Crippen LogP contribution in [0.4, 0.5) is 5.69 Å². The molecule has 7 heteroatoms. The Balaban J connectivity index is 0.00000320. The van der Waals surface area contributed by atoms with Crippen LogP contribution in [0.15, 0.2) is 52.1 Å². The molecule has 1 fully saturated rings. The van der Waals surface area contributed by atoms with Crippen LogP contribution in [0.2, 0.25) is 0 Å². The molecule has 1 atom stereocenters. The van der Waals surface area contributed by atoms with Gasteiger partial charge in [0.2, 0.25) is 0 Å². The molecule has 0 spiro atoms. The number of likely N-dealkylation sites (tertiary alicyclic amines) is 1. The number of guanidine groups is 1. The molecule has 2 heterocycles. The van der Waals surface area contributed by atoms with Crippen LogP contribution in [0.3, 0.4) is 0 Å². The van der Waals surface area contributed by atoms with Gasteiger partial charge in [-0.05, 0) is 62.2 Å². The largest absolute Gasteiger partial charge is 0.468 e. The number of rotatable bonds is 8. The van der Waals surface area contributed by atoms with Crippen molar-refractivity contribution in [2.75, 3.05) is 52.2 Å². The van der Waals surface area contributed by atoms with Gasteiger partial charge in [0, 0.05) is 39.9 Å². The number of furan rings is 1. The molecule has 30 heavy (non-hydrogen) atoms. The fraction of sp³-hybridized carbons (Fsp3) is 0.522. The van der Waals surface area contributed by atoms with E-state index in [4.69, 9.17) is 4.42 Å². The molecule has 1 saturated heterocycles. The highest BCUT2D eigenvalue weighted by molar-refractivity contribution is 14.0. The van der Waals surface area contributed by atoms with Crippen molar-refractivity contribution < 1.29 is 4.42 Å². The molecule has 1 aromatic heterocycles. The number of anilines is 1. The van der Waals surface area contributed by atoms with Gasteiger partial charge in [0.1, 0.15) is 5.76 Å². The zero-order chi connectivity index (χ0) is 20.5. The summed E-state index contributed by atoms with van der Waals surface area (Å²) in [5.41, 5.74) is 2.54. The Morgan fingerprint density at radius 1 is 1.10 bits per heavy atom. The second-order valence-electron chi connectivity index (χ2n) is 7.82. The Morgan fingerprint density at radius 3 is 2.43 bits per heavy atom. The lowest BCUT2D eigenvalue weighted by Gasteiger charge is -2.33. The Morgan fingerprint density at radius 2 is 1.83 bits per heavy atom. The molecule has 2 N–H and O–H groups in total. The number of aliphatic imine (C=N–C) groups is 1. The molecule has 6 nitrogen and oxygen atoms in total. The number of nitrogens with one attached hydrogen (secondary N) is 2. The van der Waals surface area contributed by atoms with Gasteiger partial charge in [-0.1, -0.05) is 18.6 Å². The smallest absolute Gasteiger partial charge is 0.191 e. The molecule has 2 aromatic rings. The maximum atomic E-state index is 5.73. The van der Waals surface area contributed by atoms with Gasteiger partial charge < -0.3 is 20.0 Å². The number of benzene rings is 1. The van der Waals surface area contributed by atoms with E-state index in [1.807, 2.05) is 13.1 Å². The van der Waals surface area contributed by atoms with Gasteiger partial charge in [0.15, 0.2) is 5.96 Å². The Bertz CT molecular complexity index is 739. The second-order valence-corrected chi connectivity index (χ2v) is 7.82. The number of hydrogen-bond acceptors (Lipinski definition) is 4. The minimum atomic E-state index is 0. The number of piperidine rings is 1. The van der Waals surface area contributed by atoms with Crippen molar-refractivity contribution in [1.29, 1.82) is 0 Å². The number of halogens is 1. The molecular weight excluding hydrogens is 489 g/mol. The van der Waals surface area contributed by atoms with E-state index in [1.165, 1.54) is 30.5 Å². The molecule has 0 radical (unpaired) electrons. The average Bonchev–Trinajstić information content (AvgIpc) is 3.28. The minimum Gasteiger partial charge on any atom is -0.468 e. The van der Waals surface area contributed by atoms with Gasteiger partial charge >= 0.3 is 0 Å². The first kappa shape index (κ1) is 24.5. The van der Waals surface area contributed by atoms with Gasteiger partial charge in [-0.2, -0.15) is 0 Å². The summed E-state index contributed by atoms with van der Waals surface area (Å²) in [4.78, 5) is 9.03. The van der Waals surface area contributed by atoms with E-state index in [-0.39, 0.29) is 30.0 Å². The standard InChI is InChI=1S/C23H35N5O.HI/c1-24-23(25-14-13-19-9-11-20(12-10-19)27(2)3)26-18-21(22-8-7-17-29-22)28-15-5-4-6-16-28;/h7-12,17,21H,4-6,13-16,18H2,1-3H3,(H2,24,25,26);1H. The normalized spacial score (nSPS) is 15.9. The molecule has 0 amide bonds. The van der Waals surface area contributed by atoms with Gasteiger partial charge in [-0.25, -0.2) is 0 Å². The van der Waals surface area contributed by atoms with Crippen molar-refractivity contribution in [3.63, 3.8) is 0 Å². The second kappa shape index (κ2) is 12.8. The quantitative estimate of drug-likeness (QED) is 0.311. The topological polar surface area (TPSA) is 56.0 Å². The van der Waals surface area contributed by atoms with Gasteiger partial charge in [0.25, 0.3) is 0 Å². The van der Waals surface area contributed by atoms with E-state index in [2.05, 4.69) is 69.9 Å². The van der Waals surface area contributed by atoms with E-state index in [0.29, 0.717) is 0 Å². The van der Waals surface area contributed by atoms with E-state index in [0.717, 1.165) is 44.3 Å². The van der Waals surface area contributed by atoms with Crippen molar-refractivity contribution in [3.8, 4) is 0 Å². The van der Waals surface area contributed by atoms with Gasteiger partial charge in [-0.15, -0.1) is 24.0 Å². The predicted molar refractivity (Wildman–Crippen MR) is 136 cm³/mol. The highest BCUT2D eigenvalue weighted by Crippen LogP contribution is 2.24. The maximum absolute atomic E-state index is 5.73. The maximum Gasteiger partial charge on any atom is 0.191 e. The molecule has 1 aliphatic rings. The number of nitrogens with zero attached hydrogens (tertiary/aromatic N) is 3. The zero-order valence-corrected chi connectivity index (χ0v) is 20.8. The van der Waals surface area contributed by atoms with E-state index in [9.17, 15) is 0 Å². The van der Waals surface area contributed by atoms with Crippen molar-refractivity contribution in [2.24, 2.45) is 4.99 Å². The average molecular weight is 525 g/mol. The molecule has 0 aliphatic carbocycles. The third-order valence-electron chi connectivity index (χ3n) is 5.55. The lowest BCUT2D eigenvalue weighted by Crippen LogP contribution is -2.44. The Kier molecular flexibility index (Phi) is 10.5. The van der Waals surface area contributed by atoms with E-state index in [1.54, 1.807) is 6.26 Å². The SMILES string of the molecule is CN=C(NCCc1ccc(N(C)C)cc1)NCC(c1ccco1)N1CCCCC1.I. The van der Waals surface area contributed by atoms with E-state index >= 15 is 0 Å². The lowest BCUT2D eigenvalue weighted by atomic mass is 10.1. The van der Waals surface area contributed by atoms with Crippen LogP contribution >= 0.6 is 24.0 Å². The summed E-state index contributed by atoms with van der Waals surface area (Å²) in [5.74, 6) is 1.86. The van der Waals surface area contributed by atoms with Crippen LogP contribution in [-0.2, 0) is 6.42 Å². The van der Waals surface area contributed by atoms with Crippen LogP contribution in [0.25, 0.3) is 0 Å². The molecule has 0 bridgehead atoms. The van der Waals surface area contributed by atoms with Crippen molar-refractivity contribution in [3.05, 3.63) is 54.0 Å². The highest BCUT2D eigenvalue weighted by atomic mass is 127. The fourth-order valence-electron chi connectivity index (χ4n) is 3.82. The Hall–Kier alpha value is -1.74. The molecule has 3 rings (SSSR count). The van der Waals surface area contributed by atoms with Crippen molar-refractivity contribution in [1.82, 2.24) is 15.5 Å². The summed E-state index contributed by atoms with van der Waals surface area (Å²) < 4.78 is 5.73. The zero-order valence-electron chi connectivity index (χ0n) is 18.4. The van der Waals surface area contributed by atoms with Crippen LogP contribution in [0.1, 0.15) is 36.6 Å². The predicted octanol–water partition coefficient (Wildman–Crippen LogP) is 3.90. The summed E-state index contributed by atoms with van der Waals surface area (Å²) in [6.45, 7) is 3.88. The van der Waals surface area contributed by atoms with Crippen LogP contribution < -0.4 is 15.5 Å². The van der Waals surface area contributed by atoms with E-state index < -0.39 is 0 Å². The molecular formula is C23H36IN5O. The third-order valence-corrected chi connectivity index (χ3v) is 5.55. The number of hydrogen-bond donors (Lipinski definition) is 2. The van der Waals surface area contributed by atoms with Crippen LogP contribution in [0, 0.1) is 0 Å². The van der Waals surface area contributed by atoms with Crippen LogP contribution in [0.5, 0.6) is 0 Å². The summed E-state index contributed by atoms with van der Waals surface area (Å²) in [5, 5.41) is 6.93. The molecule has 166 valence electrons. The highest BCUT2D eigenvalue weighted by Gasteiger charge is 2.24. The monoisotopic (exact) mass is 525 g/mol. The van der Waals surface area contributed by atoms with Crippen LogP contribution in [-0.4, -0.2) is 58.2 Å². The first-order valence-electron chi connectivity index (χ1n) is 10.7. The first-order chi connectivity index (χ1) is 14.2. The fourth-order valence-corrected chi connectivity index (χ4v) is 3.82. The molecule has 1 aliphatic heterocycles. The van der Waals surface area contributed by atoms with Gasteiger partial charge in [-0.3, -0.25) is 9.89 Å². The summed E-state index contributed by atoms with van der Waals surface area (Å²) in [6.07, 6.45) is 6.57. The van der Waals surface area contributed by atoms with Gasteiger partial charge in [0.05, 0.1) is 12.3 Å². The third kappa shape index (κ3) is 7.19.